The van der Waals surface area contributed by atoms with Gasteiger partial charge in [0.25, 0.3) is 5.91 Å². The minimum atomic E-state index is -0.593. The van der Waals surface area contributed by atoms with Gasteiger partial charge in [0.2, 0.25) is 5.95 Å². The van der Waals surface area contributed by atoms with Gasteiger partial charge in [-0.1, -0.05) is 13.8 Å². The number of hydrogen-bond acceptors (Lipinski definition) is 5. The van der Waals surface area contributed by atoms with Crippen LogP contribution < -0.4 is 10.6 Å². The second-order valence-electron chi connectivity index (χ2n) is 7.24. The first-order chi connectivity index (χ1) is 12.4. The second-order valence-corrected chi connectivity index (χ2v) is 7.24. The highest BCUT2D eigenvalue weighted by Crippen LogP contribution is 2.40. The molecule has 3 aromatic heterocycles. The zero-order valence-corrected chi connectivity index (χ0v) is 14.5. The number of aromatic amines is 1. The lowest BCUT2D eigenvalue weighted by molar-refractivity contribution is 0.0729. The van der Waals surface area contributed by atoms with Crippen LogP contribution in [-0.2, 0) is 0 Å². The van der Waals surface area contributed by atoms with Crippen LogP contribution >= 0.6 is 0 Å². The average Bonchev–Trinajstić information content (AvgIpc) is 3.06. The highest BCUT2D eigenvalue weighted by molar-refractivity contribution is 6.04. The molecule has 0 aliphatic heterocycles. The molecule has 0 aromatic carbocycles. The van der Waals surface area contributed by atoms with Crippen LogP contribution in [0, 0.1) is 11.4 Å². The van der Waals surface area contributed by atoms with E-state index in [-0.39, 0.29) is 23.1 Å². The van der Waals surface area contributed by atoms with Crippen molar-refractivity contribution < 1.29 is 9.18 Å². The van der Waals surface area contributed by atoms with Crippen molar-refractivity contribution in [3.8, 4) is 0 Å². The average molecular weight is 354 g/mol. The van der Waals surface area contributed by atoms with Gasteiger partial charge in [-0.05, 0) is 30.4 Å². The Balaban J connectivity index is 1.65. The molecule has 134 valence electrons. The molecule has 0 radical (unpaired) electrons. The quantitative estimate of drug-likeness (QED) is 0.626. The maximum absolute atomic E-state index is 13.3. The minimum Gasteiger partial charge on any atom is -0.347 e. The van der Waals surface area contributed by atoms with Crippen molar-refractivity contribution in [2.24, 2.45) is 5.41 Å². The van der Waals surface area contributed by atoms with Gasteiger partial charge in [-0.2, -0.15) is 9.49 Å². The van der Waals surface area contributed by atoms with Gasteiger partial charge in [0.05, 0.1) is 11.7 Å². The topological polar surface area (TPSA) is 95.6 Å². The third kappa shape index (κ3) is 2.98. The molecular weight excluding hydrogens is 335 g/mol. The minimum absolute atomic E-state index is 0.0905. The fourth-order valence-electron chi connectivity index (χ4n) is 3.17. The molecule has 3 N–H and O–H groups in total. The van der Waals surface area contributed by atoms with Crippen molar-refractivity contribution in [2.45, 2.75) is 32.7 Å². The lowest BCUT2D eigenvalue weighted by atomic mass is 9.67. The van der Waals surface area contributed by atoms with Crippen LogP contribution in [0.15, 0.2) is 30.6 Å². The highest BCUT2D eigenvalue weighted by atomic mass is 19.1. The van der Waals surface area contributed by atoms with E-state index in [4.69, 9.17) is 0 Å². The number of pyridine rings is 2. The van der Waals surface area contributed by atoms with Gasteiger partial charge in [-0.3, -0.25) is 9.89 Å². The number of fused-ring (bicyclic) bond motifs is 1. The zero-order chi connectivity index (χ0) is 18.3. The number of aromatic nitrogens is 4. The SMILES string of the molecule is CC1(C)CCC1NC(=O)c1nc(Nc2ccnc(F)c2)cc2cn[nH]c12. The first kappa shape index (κ1) is 16.4. The number of anilines is 2. The second kappa shape index (κ2) is 6.05. The molecule has 1 fully saturated rings. The van der Waals surface area contributed by atoms with Crippen LogP contribution in [-0.4, -0.2) is 32.1 Å². The monoisotopic (exact) mass is 354 g/mol. The van der Waals surface area contributed by atoms with Gasteiger partial charge in [0.15, 0.2) is 5.69 Å². The fraction of sp³-hybridized carbons (Fsp3) is 0.333. The summed E-state index contributed by atoms with van der Waals surface area (Å²) in [5, 5.41) is 13.6. The van der Waals surface area contributed by atoms with Crippen molar-refractivity contribution in [1.82, 2.24) is 25.5 Å². The van der Waals surface area contributed by atoms with Gasteiger partial charge in [-0.25, -0.2) is 9.97 Å². The molecule has 1 aliphatic rings. The summed E-state index contributed by atoms with van der Waals surface area (Å²) in [6.07, 6.45) is 5.03. The molecule has 1 aliphatic carbocycles. The molecule has 0 saturated heterocycles. The Labute approximate surface area is 149 Å². The van der Waals surface area contributed by atoms with E-state index in [1.54, 1.807) is 18.3 Å². The molecule has 3 aromatic rings. The number of carbonyl (C=O) groups is 1. The number of nitrogens with one attached hydrogen (secondary N) is 3. The molecule has 1 amide bonds. The molecule has 7 nitrogen and oxygen atoms in total. The summed E-state index contributed by atoms with van der Waals surface area (Å²) in [5.41, 5.74) is 1.43. The van der Waals surface area contributed by atoms with Crippen molar-refractivity contribution >= 4 is 28.3 Å². The Morgan fingerprint density at radius 1 is 1.38 bits per heavy atom. The predicted molar refractivity (Wildman–Crippen MR) is 95.6 cm³/mol. The van der Waals surface area contributed by atoms with Crippen LogP contribution in [0.2, 0.25) is 0 Å². The molecule has 8 heteroatoms. The predicted octanol–water partition coefficient (Wildman–Crippen LogP) is 3.15. The molecule has 1 unspecified atom stereocenters. The lowest BCUT2D eigenvalue weighted by Gasteiger charge is -2.44. The molecule has 4 rings (SSSR count). The normalized spacial score (nSPS) is 18.3. The first-order valence-electron chi connectivity index (χ1n) is 8.46. The number of halogens is 1. The summed E-state index contributed by atoms with van der Waals surface area (Å²) in [6.45, 7) is 4.27. The van der Waals surface area contributed by atoms with Gasteiger partial charge in [0, 0.05) is 29.4 Å². The van der Waals surface area contributed by atoms with Gasteiger partial charge < -0.3 is 10.6 Å². The van der Waals surface area contributed by atoms with Crippen LogP contribution in [0.25, 0.3) is 10.9 Å². The fourth-order valence-corrected chi connectivity index (χ4v) is 3.17. The lowest BCUT2D eigenvalue weighted by Crippen LogP contribution is -2.52. The molecule has 1 saturated carbocycles. The Kier molecular flexibility index (Phi) is 3.82. The third-order valence-electron chi connectivity index (χ3n) is 4.97. The standard InChI is InChI=1S/C18H19FN6O/c1-18(2)5-3-12(18)23-17(26)16-15-10(9-21-25-15)7-14(24-16)22-11-4-6-20-13(19)8-11/h4,6-9,12H,3,5H2,1-2H3,(H,21,25)(H,23,26)(H,20,22,24). The smallest absolute Gasteiger partial charge is 0.272 e. The molecule has 0 spiro atoms. The van der Waals surface area contributed by atoms with Crippen LogP contribution in [0.3, 0.4) is 0 Å². The maximum atomic E-state index is 13.3. The van der Waals surface area contributed by atoms with E-state index >= 15 is 0 Å². The van der Waals surface area contributed by atoms with Crippen LogP contribution in [0.5, 0.6) is 0 Å². The Morgan fingerprint density at radius 3 is 2.92 bits per heavy atom. The van der Waals surface area contributed by atoms with Crippen molar-refractivity contribution in [2.75, 3.05) is 5.32 Å². The number of carbonyl (C=O) groups excluding carboxylic acids is 1. The maximum Gasteiger partial charge on any atom is 0.272 e. The number of H-pyrrole nitrogens is 1. The molecule has 0 bridgehead atoms. The molecule has 3 heterocycles. The Bertz CT molecular complexity index is 983. The van der Waals surface area contributed by atoms with Crippen LogP contribution in [0.1, 0.15) is 37.2 Å². The number of rotatable bonds is 4. The Morgan fingerprint density at radius 2 is 2.23 bits per heavy atom. The zero-order valence-electron chi connectivity index (χ0n) is 14.5. The summed E-state index contributed by atoms with van der Waals surface area (Å²) in [6, 6.07) is 4.76. The van der Waals surface area contributed by atoms with Crippen molar-refractivity contribution in [3.63, 3.8) is 0 Å². The van der Waals surface area contributed by atoms with Crippen molar-refractivity contribution in [1.29, 1.82) is 0 Å². The van der Waals surface area contributed by atoms with Crippen LogP contribution in [0.4, 0.5) is 15.9 Å². The summed E-state index contributed by atoms with van der Waals surface area (Å²) in [7, 11) is 0. The molecule has 26 heavy (non-hydrogen) atoms. The van der Waals surface area contributed by atoms with E-state index in [9.17, 15) is 9.18 Å². The van der Waals surface area contributed by atoms with E-state index < -0.39 is 5.95 Å². The first-order valence-corrected chi connectivity index (χ1v) is 8.46. The van der Waals surface area contributed by atoms with Gasteiger partial charge in [-0.15, -0.1) is 0 Å². The van der Waals surface area contributed by atoms with Gasteiger partial charge in [0.1, 0.15) is 5.82 Å². The third-order valence-corrected chi connectivity index (χ3v) is 4.97. The summed E-state index contributed by atoms with van der Waals surface area (Å²) in [5.74, 6) is -0.409. The largest absolute Gasteiger partial charge is 0.347 e. The number of hydrogen-bond donors (Lipinski definition) is 3. The highest BCUT2D eigenvalue weighted by Gasteiger charge is 2.39. The summed E-state index contributed by atoms with van der Waals surface area (Å²) >= 11 is 0. The van der Waals surface area contributed by atoms with E-state index in [1.165, 1.54) is 12.3 Å². The van der Waals surface area contributed by atoms with E-state index in [0.29, 0.717) is 17.0 Å². The molecular formula is C18H19FN6O. The van der Waals surface area contributed by atoms with E-state index in [2.05, 4.69) is 44.6 Å². The summed E-state index contributed by atoms with van der Waals surface area (Å²) < 4.78 is 13.3. The van der Waals surface area contributed by atoms with Crippen molar-refractivity contribution in [3.05, 3.63) is 42.2 Å². The number of amides is 1. The number of nitrogens with zero attached hydrogens (tertiary/aromatic N) is 3. The molecule has 1 atom stereocenters. The van der Waals surface area contributed by atoms with E-state index in [0.717, 1.165) is 18.2 Å². The summed E-state index contributed by atoms with van der Waals surface area (Å²) in [4.78, 5) is 20.7. The van der Waals surface area contributed by atoms with E-state index in [1.807, 2.05) is 0 Å². The van der Waals surface area contributed by atoms with Gasteiger partial charge >= 0.3 is 0 Å². The Hall–Kier alpha value is -3.03.